The van der Waals surface area contributed by atoms with Gasteiger partial charge in [-0.1, -0.05) is 301 Å². The summed E-state index contributed by atoms with van der Waals surface area (Å²) in [6, 6.07) is -0.555. The number of aliphatic hydroxyl groups is 2. The van der Waals surface area contributed by atoms with Crippen LogP contribution in [0.5, 0.6) is 0 Å². The Morgan fingerprint density at radius 1 is 0.394 bits per heavy atom. The molecule has 0 aromatic carbocycles. The van der Waals surface area contributed by atoms with Gasteiger partial charge in [0.05, 0.1) is 25.4 Å². The first kappa shape index (κ1) is 69.3. The number of nitrogens with one attached hydrogen (secondary N) is 1. The first-order chi connectivity index (χ1) is 35.0. The van der Waals surface area contributed by atoms with Crippen LogP contribution in [0.1, 0.15) is 354 Å². The molecule has 0 saturated heterocycles. The lowest BCUT2D eigenvalue weighted by molar-refractivity contribution is -0.143. The van der Waals surface area contributed by atoms with Crippen LogP contribution in [0.15, 0.2) is 24.3 Å². The quantitative estimate of drug-likeness (QED) is 0.0320. The third-order valence-corrected chi connectivity index (χ3v) is 15.0. The molecule has 3 N–H and O–H groups in total. The topological polar surface area (TPSA) is 95.9 Å². The highest BCUT2D eigenvalue weighted by Gasteiger charge is 2.20. The van der Waals surface area contributed by atoms with Crippen LogP contribution in [0.25, 0.3) is 0 Å². The number of esters is 1. The Labute approximate surface area is 443 Å². The van der Waals surface area contributed by atoms with E-state index in [-0.39, 0.29) is 18.5 Å². The maximum Gasteiger partial charge on any atom is 0.305 e. The highest BCUT2D eigenvalue weighted by atomic mass is 16.5. The minimum atomic E-state index is -0.676. The van der Waals surface area contributed by atoms with E-state index in [0.717, 1.165) is 83.5 Å². The highest BCUT2D eigenvalue weighted by Crippen LogP contribution is 2.18. The molecule has 0 aliphatic carbocycles. The van der Waals surface area contributed by atoms with Gasteiger partial charge in [-0.25, -0.2) is 0 Å². The van der Waals surface area contributed by atoms with Gasteiger partial charge in [0.2, 0.25) is 5.91 Å². The van der Waals surface area contributed by atoms with Crippen LogP contribution in [0.4, 0.5) is 0 Å². The Bertz CT molecular complexity index is 1110. The van der Waals surface area contributed by atoms with Gasteiger partial charge in [0.1, 0.15) is 0 Å². The van der Waals surface area contributed by atoms with Gasteiger partial charge >= 0.3 is 5.97 Å². The van der Waals surface area contributed by atoms with Crippen LogP contribution in [0, 0.1) is 0 Å². The standard InChI is InChI=1S/C65H125NO5/c1-3-5-7-9-11-13-15-17-18-19-20-21-22-23-24-25-27-30-34-37-41-45-49-53-57-63(68)62(61-67)66-64(69)58-54-50-46-42-38-35-31-28-26-29-32-36-40-44-48-52-56-60-71-65(70)59-55-51-47-43-39-33-16-14-12-10-8-6-4-2/h26,29,36,40,62-63,67-68H,3-25,27-28,30-35,37-39,41-61H2,1-2H3,(H,66,69)/b29-26-,40-36-. The van der Waals surface area contributed by atoms with Gasteiger partial charge in [-0.2, -0.15) is 0 Å². The Kier molecular flexibility index (Phi) is 59.5. The second-order valence-corrected chi connectivity index (χ2v) is 22.1. The summed E-state index contributed by atoms with van der Waals surface area (Å²) in [5.41, 5.74) is 0. The van der Waals surface area contributed by atoms with E-state index in [9.17, 15) is 19.8 Å². The first-order valence-corrected chi connectivity index (χ1v) is 32.1. The Hall–Kier alpha value is -1.66. The van der Waals surface area contributed by atoms with Gasteiger partial charge in [-0.15, -0.1) is 0 Å². The number of hydrogen-bond donors (Lipinski definition) is 3. The van der Waals surface area contributed by atoms with E-state index in [0.29, 0.717) is 25.9 Å². The molecular weight excluding hydrogens is 875 g/mol. The molecular formula is C65H125NO5. The second kappa shape index (κ2) is 60.9. The number of amides is 1. The van der Waals surface area contributed by atoms with E-state index in [1.54, 1.807) is 0 Å². The minimum Gasteiger partial charge on any atom is -0.466 e. The molecule has 0 spiro atoms. The molecule has 6 heteroatoms. The average molecular weight is 1000 g/mol. The molecule has 0 aromatic rings. The predicted molar refractivity (Wildman–Crippen MR) is 310 cm³/mol. The normalized spacial score (nSPS) is 12.7. The highest BCUT2D eigenvalue weighted by molar-refractivity contribution is 5.76. The number of allylic oxidation sites excluding steroid dienone is 4. The number of aliphatic hydroxyl groups excluding tert-OH is 2. The SMILES string of the molecule is CCCCCCCCCCCCCCCCCCCCCCCCCCC(O)C(CO)NC(=O)CCCCCCCCC/C=C\C/C=C\CCCCCOC(=O)CCCCCCCCCCCCCCC. The lowest BCUT2D eigenvalue weighted by Crippen LogP contribution is -2.45. The van der Waals surface area contributed by atoms with E-state index in [1.165, 1.54) is 238 Å². The Morgan fingerprint density at radius 2 is 0.704 bits per heavy atom. The van der Waals surface area contributed by atoms with Crippen LogP contribution in [-0.2, 0) is 14.3 Å². The zero-order valence-electron chi connectivity index (χ0n) is 48.0. The average Bonchev–Trinajstić information content (AvgIpc) is 3.37. The lowest BCUT2D eigenvalue weighted by Gasteiger charge is -2.22. The van der Waals surface area contributed by atoms with Gasteiger partial charge in [0.25, 0.3) is 0 Å². The molecule has 0 aliphatic heterocycles. The predicted octanol–water partition coefficient (Wildman–Crippen LogP) is 20.2. The minimum absolute atomic E-state index is 0.0131. The van der Waals surface area contributed by atoms with E-state index in [4.69, 9.17) is 4.74 Å². The van der Waals surface area contributed by atoms with Crippen molar-refractivity contribution in [3.63, 3.8) is 0 Å². The fourth-order valence-corrected chi connectivity index (χ4v) is 10.1. The lowest BCUT2D eigenvalue weighted by atomic mass is 10.0. The number of unbranched alkanes of at least 4 members (excludes halogenated alkanes) is 45. The Balaban J connectivity index is 3.48. The maximum atomic E-state index is 12.5. The van der Waals surface area contributed by atoms with Crippen LogP contribution in [0.2, 0.25) is 0 Å². The van der Waals surface area contributed by atoms with E-state index in [1.807, 2.05) is 0 Å². The summed E-state index contributed by atoms with van der Waals surface area (Å²) in [6.07, 6.45) is 74.8. The van der Waals surface area contributed by atoms with Gasteiger partial charge in [0.15, 0.2) is 0 Å². The maximum absolute atomic E-state index is 12.5. The van der Waals surface area contributed by atoms with E-state index >= 15 is 0 Å². The van der Waals surface area contributed by atoms with Crippen molar-refractivity contribution < 1.29 is 24.5 Å². The van der Waals surface area contributed by atoms with Gasteiger partial charge in [-0.05, 0) is 64.2 Å². The van der Waals surface area contributed by atoms with Crippen LogP contribution < -0.4 is 5.32 Å². The summed E-state index contributed by atoms with van der Waals surface area (Å²) in [6.45, 7) is 4.94. The van der Waals surface area contributed by atoms with E-state index in [2.05, 4.69) is 43.5 Å². The summed E-state index contributed by atoms with van der Waals surface area (Å²) >= 11 is 0. The smallest absolute Gasteiger partial charge is 0.305 e. The van der Waals surface area contributed by atoms with Crippen molar-refractivity contribution in [3.8, 4) is 0 Å². The molecule has 6 nitrogen and oxygen atoms in total. The molecule has 420 valence electrons. The van der Waals surface area contributed by atoms with Gasteiger partial charge < -0.3 is 20.3 Å². The summed E-state index contributed by atoms with van der Waals surface area (Å²) in [4.78, 5) is 24.6. The largest absolute Gasteiger partial charge is 0.466 e. The summed E-state index contributed by atoms with van der Waals surface area (Å²) in [5.74, 6) is -0.0602. The number of carbonyl (C=O) groups is 2. The first-order valence-electron chi connectivity index (χ1n) is 32.1. The molecule has 0 radical (unpaired) electrons. The molecule has 2 unspecified atom stereocenters. The Morgan fingerprint density at radius 3 is 1.07 bits per heavy atom. The van der Waals surface area contributed by atoms with Crippen molar-refractivity contribution in [3.05, 3.63) is 24.3 Å². The number of carbonyl (C=O) groups excluding carboxylic acids is 2. The van der Waals surface area contributed by atoms with Crippen LogP contribution in [0.3, 0.4) is 0 Å². The van der Waals surface area contributed by atoms with Crippen molar-refractivity contribution in [1.82, 2.24) is 5.32 Å². The van der Waals surface area contributed by atoms with Crippen molar-refractivity contribution >= 4 is 11.9 Å². The molecule has 2 atom stereocenters. The van der Waals surface area contributed by atoms with Gasteiger partial charge in [-0.3, -0.25) is 9.59 Å². The summed E-state index contributed by atoms with van der Waals surface area (Å²) in [7, 11) is 0. The zero-order chi connectivity index (χ0) is 51.4. The molecule has 1 amide bonds. The van der Waals surface area contributed by atoms with Crippen molar-refractivity contribution in [2.75, 3.05) is 13.2 Å². The van der Waals surface area contributed by atoms with Crippen molar-refractivity contribution in [2.45, 2.75) is 366 Å². The molecule has 71 heavy (non-hydrogen) atoms. The van der Waals surface area contributed by atoms with Crippen molar-refractivity contribution in [1.29, 1.82) is 0 Å². The van der Waals surface area contributed by atoms with Crippen molar-refractivity contribution in [2.24, 2.45) is 0 Å². The third kappa shape index (κ3) is 57.5. The molecule has 0 bridgehead atoms. The van der Waals surface area contributed by atoms with Gasteiger partial charge in [0, 0.05) is 12.8 Å². The number of ether oxygens (including phenoxy) is 1. The molecule has 0 aliphatic rings. The summed E-state index contributed by atoms with van der Waals surface area (Å²) < 4.78 is 5.45. The molecule has 0 rings (SSSR count). The van der Waals surface area contributed by atoms with Crippen LogP contribution in [-0.4, -0.2) is 47.4 Å². The number of rotatable bonds is 60. The fraction of sp³-hybridized carbons (Fsp3) is 0.908. The summed E-state index contributed by atoms with van der Waals surface area (Å²) in [5, 5.41) is 23.4. The molecule has 0 aromatic heterocycles. The molecule has 0 saturated carbocycles. The van der Waals surface area contributed by atoms with E-state index < -0.39 is 12.1 Å². The molecule has 0 fully saturated rings. The molecule has 0 heterocycles. The fourth-order valence-electron chi connectivity index (χ4n) is 10.1. The monoisotopic (exact) mass is 1000 g/mol. The van der Waals surface area contributed by atoms with Crippen LogP contribution >= 0.6 is 0 Å². The third-order valence-electron chi connectivity index (χ3n) is 15.0. The number of hydrogen-bond acceptors (Lipinski definition) is 5. The zero-order valence-corrected chi connectivity index (χ0v) is 48.0. The second-order valence-electron chi connectivity index (χ2n) is 22.1.